The van der Waals surface area contributed by atoms with Gasteiger partial charge in [-0.05, 0) is 36.8 Å². The molecular weight excluding hydrogens is 226 g/mol. The summed E-state index contributed by atoms with van der Waals surface area (Å²) in [4.78, 5) is 16.0. The van der Waals surface area contributed by atoms with Crippen LogP contribution < -0.4 is 10.6 Å². The Morgan fingerprint density at radius 3 is 2.72 bits per heavy atom. The molecule has 1 heterocycles. The molecule has 0 aliphatic heterocycles. The van der Waals surface area contributed by atoms with E-state index in [9.17, 15) is 4.79 Å². The molecule has 1 saturated carbocycles. The van der Waals surface area contributed by atoms with E-state index in [1.807, 2.05) is 13.0 Å². The standard InChI is InChI=1S/C14H21N3O/c1-4-15-11-5-6-12(16-9-11)13(18)17-8-10-7-14(10,2)3/h5-6,9-10,15H,4,7-8H2,1-3H3,(H,17,18). The lowest BCUT2D eigenvalue weighted by atomic mass is 10.1. The summed E-state index contributed by atoms with van der Waals surface area (Å²) < 4.78 is 0. The molecule has 1 atom stereocenters. The van der Waals surface area contributed by atoms with E-state index in [1.165, 1.54) is 6.42 Å². The number of hydrogen-bond donors (Lipinski definition) is 2. The molecule has 98 valence electrons. The minimum atomic E-state index is -0.0826. The molecule has 2 N–H and O–H groups in total. The number of nitrogens with one attached hydrogen (secondary N) is 2. The predicted octanol–water partition coefficient (Wildman–Crippen LogP) is 2.29. The number of amides is 1. The van der Waals surface area contributed by atoms with E-state index in [2.05, 4.69) is 29.5 Å². The lowest BCUT2D eigenvalue weighted by Crippen LogP contribution is -2.27. The maximum Gasteiger partial charge on any atom is 0.269 e. The van der Waals surface area contributed by atoms with Crippen LogP contribution in [0.5, 0.6) is 0 Å². The highest BCUT2D eigenvalue weighted by atomic mass is 16.1. The van der Waals surface area contributed by atoms with Gasteiger partial charge in [0.25, 0.3) is 5.91 Å². The van der Waals surface area contributed by atoms with Gasteiger partial charge in [0.15, 0.2) is 0 Å². The molecule has 2 rings (SSSR count). The first-order valence-corrected chi connectivity index (χ1v) is 6.51. The molecule has 1 aliphatic carbocycles. The van der Waals surface area contributed by atoms with Crippen LogP contribution in [0.1, 0.15) is 37.7 Å². The second-order valence-electron chi connectivity index (χ2n) is 5.56. The minimum absolute atomic E-state index is 0.0826. The molecule has 4 heteroatoms. The molecular formula is C14H21N3O. The average Bonchev–Trinajstić information content (AvgIpc) is 2.95. The summed E-state index contributed by atoms with van der Waals surface area (Å²) in [6.07, 6.45) is 2.89. The number of anilines is 1. The molecule has 1 unspecified atom stereocenters. The zero-order valence-electron chi connectivity index (χ0n) is 11.3. The van der Waals surface area contributed by atoms with Gasteiger partial charge in [0.1, 0.15) is 5.69 Å². The summed E-state index contributed by atoms with van der Waals surface area (Å²) in [7, 11) is 0. The fourth-order valence-electron chi connectivity index (χ4n) is 2.07. The molecule has 0 saturated heterocycles. The number of pyridine rings is 1. The average molecular weight is 247 g/mol. The van der Waals surface area contributed by atoms with Crippen LogP contribution in [-0.4, -0.2) is 24.0 Å². The fourth-order valence-corrected chi connectivity index (χ4v) is 2.07. The Hall–Kier alpha value is -1.58. The summed E-state index contributed by atoms with van der Waals surface area (Å²) in [6, 6.07) is 3.64. The van der Waals surface area contributed by atoms with Crippen molar-refractivity contribution in [3.05, 3.63) is 24.0 Å². The van der Waals surface area contributed by atoms with Crippen LogP contribution in [0.2, 0.25) is 0 Å². The highest BCUT2D eigenvalue weighted by molar-refractivity contribution is 5.92. The van der Waals surface area contributed by atoms with Crippen molar-refractivity contribution in [1.82, 2.24) is 10.3 Å². The Morgan fingerprint density at radius 2 is 2.22 bits per heavy atom. The number of carbonyl (C=O) groups is 1. The van der Waals surface area contributed by atoms with Gasteiger partial charge in [-0.3, -0.25) is 4.79 Å². The van der Waals surface area contributed by atoms with Gasteiger partial charge >= 0.3 is 0 Å². The van der Waals surface area contributed by atoms with Crippen molar-refractivity contribution in [2.24, 2.45) is 11.3 Å². The Morgan fingerprint density at radius 1 is 1.50 bits per heavy atom. The van der Waals surface area contributed by atoms with Crippen LogP contribution in [0, 0.1) is 11.3 Å². The van der Waals surface area contributed by atoms with Gasteiger partial charge in [0.05, 0.1) is 11.9 Å². The summed E-state index contributed by atoms with van der Waals surface area (Å²) in [5.41, 5.74) is 1.82. The van der Waals surface area contributed by atoms with Gasteiger partial charge < -0.3 is 10.6 Å². The monoisotopic (exact) mass is 247 g/mol. The number of carbonyl (C=O) groups excluding carboxylic acids is 1. The first-order valence-electron chi connectivity index (χ1n) is 6.51. The number of hydrogen-bond acceptors (Lipinski definition) is 3. The molecule has 1 aromatic rings. The van der Waals surface area contributed by atoms with Crippen molar-refractivity contribution in [1.29, 1.82) is 0 Å². The second kappa shape index (κ2) is 4.96. The zero-order chi connectivity index (χ0) is 13.2. The second-order valence-corrected chi connectivity index (χ2v) is 5.56. The van der Waals surface area contributed by atoms with Gasteiger partial charge in [0.2, 0.25) is 0 Å². The van der Waals surface area contributed by atoms with Crippen molar-refractivity contribution in [2.75, 3.05) is 18.4 Å². The molecule has 0 spiro atoms. The highest BCUT2D eigenvalue weighted by Gasteiger charge is 2.45. The van der Waals surface area contributed by atoms with Gasteiger partial charge in [-0.25, -0.2) is 4.98 Å². The van der Waals surface area contributed by atoms with Gasteiger partial charge in [0, 0.05) is 13.1 Å². The molecule has 0 radical (unpaired) electrons. The fraction of sp³-hybridized carbons (Fsp3) is 0.571. The summed E-state index contributed by atoms with van der Waals surface area (Å²) in [5, 5.41) is 6.10. The van der Waals surface area contributed by atoms with Crippen LogP contribution in [0.4, 0.5) is 5.69 Å². The Kier molecular flexibility index (Phi) is 3.55. The van der Waals surface area contributed by atoms with E-state index >= 15 is 0 Å². The Labute approximate surface area is 108 Å². The van der Waals surface area contributed by atoms with Crippen LogP contribution in [0.25, 0.3) is 0 Å². The number of nitrogens with zero attached hydrogens (tertiary/aromatic N) is 1. The Balaban J connectivity index is 1.85. The third-order valence-electron chi connectivity index (χ3n) is 3.60. The summed E-state index contributed by atoms with van der Waals surface area (Å²) in [5.74, 6) is 0.531. The normalized spacial score (nSPS) is 20.3. The van der Waals surface area contributed by atoms with E-state index in [0.29, 0.717) is 17.0 Å². The zero-order valence-corrected chi connectivity index (χ0v) is 11.3. The minimum Gasteiger partial charge on any atom is -0.384 e. The predicted molar refractivity (Wildman–Crippen MR) is 72.6 cm³/mol. The van der Waals surface area contributed by atoms with Gasteiger partial charge in [-0.2, -0.15) is 0 Å². The molecule has 1 aliphatic rings. The topological polar surface area (TPSA) is 54.0 Å². The summed E-state index contributed by atoms with van der Waals surface area (Å²) >= 11 is 0. The van der Waals surface area contributed by atoms with E-state index < -0.39 is 0 Å². The quantitative estimate of drug-likeness (QED) is 0.839. The van der Waals surface area contributed by atoms with Crippen LogP contribution in [0.3, 0.4) is 0 Å². The number of aromatic nitrogens is 1. The molecule has 4 nitrogen and oxygen atoms in total. The van der Waals surface area contributed by atoms with Crippen molar-refractivity contribution >= 4 is 11.6 Å². The van der Waals surface area contributed by atoms with E-state index in [0.717, 1.165) is 18.8 Å². The molecule has 0 bridgehead atoms. The van der Waals surface area contributed by atoms with Crippen LogP contribution in [0.15, 0.2) is 18.3 Å². The maximum atomic E-state index is 11.9. The van der Waals surface area contributed by atoms with Gasteiger partial charge in [-0.1, -0.05) is 13.8 Å². The third kappa shape index (κ3) is 3.00. The van der Waals surface area contributed by atoms with E-state index in [1.54, 1.807) is 12.3 Å². The van der Waals surface area contributed by atoms with Crippen LogP contribution in [-0.2, 0) is 0 Å². The number of rotatable bonds is 5. The maximum absolute atomic E-state index is 11.9. The SMILES string of the molecule is CCNc1ccc(C(=O)NCC2CC2(C)C)nc1. The smallest absolute Gasteiger partial charge is 0.269 e. The lowest BCUT2D eigenvalue weighted by molar-refractivity contribution is 0.0945. The largest absolute Gasteiger partial charge is 0.384 e. The first-order chi connectivity index (χ1) is 8.53. The molecule has 1 aromatic heterocycles. The summed E-state index contributed by atoms with van der Waals surface area (Å²) in [6.45, 7) is 8.09. The molecule has 1 fully saturated rings. The van der Waals surface area contributed by atoms with Crippen molar-refractivity contribution in [3.8, 4) is 0 Å². The first kappa shape index (κ1) is 12.9. The van der Waals surface area contributed by atoms with Gasteiger partial charge in [-0.15, -0.1) is 0 Å². The molecule has 1 amide bonds. The van der Waals surface area contributed by atoms with E-state index in [4.69, 9.17) is 0 Å². The van der Waals surface area contributed by atoms with Crippen molar-refractivity contribution in [2.45, 2.75) is 27.2 Å². The molecule has 18 heavy (non-hydrogen) atoms. The van der Waals surface area contributed by atoms with Crippen molar-refractivity contribution in [3.63, 3.8) is 0 Å². The Bertz CT molecular complexity index is 425. The van der Waals surface area contributed by atoms with E-state index in [-0.39, 0.29) is 5.91 Å². The lowest BCUT2D eigenvalue weighted by Gasteiger charge is -2.07. The highest BCUT2D eigenvalue weighted by Crippen LogP contribution is 2.50. The van der Waals surface area contributed by atoms with Crippen LogP contribution >= 0.6 is 0 Å². The third-order valence-corrected chi connectivity index (χ3v) is 3.60. The van der Waals surface area contributed by atoms with Crippen molar-refractivity contribution < 1.29 is 4.79 Å². The molecule has 0 aromatic carbocycles.